The molecule has 1 heterocycles. The number of aryl methyl sites for hydroxylation is 1. The van der Waals surface area contributed by atoms with Crippen LogP contribution in [0.3, 0.4) is 0 Å². The van der Waals surface area contributed by atoms with Crippen LogP contribution in [0.1, 0.15) is 45.6 Å². The van der Waals surface area contributed by atoms with E-state index < -0.39 is 0 Å². The first-order chi connectivity index (χ1) is 15.5. The Hall–Kier alpha value is -2.83. The Morgan fingerprint density at radius 3 is 2.56 bits per heavy atom. The average molecular weight is 469 g/mol. The van der Waals surface area contributed by atoms with Crippen LogP contribution >= 0.6 is 22.9 Å². The number of nitrogens with one attached hydrogen (secondary N) is 2. The summed E-state index contributed by atoms with van der Waals surface area (Å²) >= 11 is 7.60. The Morgan fingerprint density at radius 2 is 1.81 bits per heavy atom. The predicted molar refractivity (Wildman–Crippen MR) is 130 cm³/mol. The molecular weight excluding hydrogens is 444 g/mol. The lowest BCUT2D eigenvalue weighted by Crippen LogP contribution is -2.19. The van der Waals surface area contributed by atoms with E-state index in [0.29, 0.717) is 21.3 Å². The second-order valence-corrected chi connectivity index (χ2v) is 9.35. The number of rotatable bonds is 6. The SMILES string of the molecule is COc1ccc(CC(=O)Nc2sc3c(c2C(=O)Nc2cccc(Cl)c2)CCCCC3)cc1. The zero-order valence-electron chi connectivity index (χ0n) is 17.9. The van der Waals surface area contributed by atoms with E-state index in [1.165, 1.54) is 16.2 Å². The first kappa shape index (κ1) is 22.4. The molecule has 1 aliphatic rings. The number of carbonyl (C=O) groups excluding carboxylic acids is 2. The van der Waals surface area contributed by atoms with Crippen LogP contribution in [0.25, 0.3) is 0 Å². The molecule has 2 aromatic carbocycles. The molecule has 2 amide bonds. The third kappa shape index (κ3) is 5.31. The van der Waals surface area contributed by atoms with E-state index in [0.717, 1.165) is 49.0 Å². The van der Waals surface area contributed by atoms with Gasteiger partial charge in [0.15, 0.2) is 0 Å². The van der Waals surface area contributed by atoms with Crippen molar-refractivity contribution in [1.29, 1.82) is 0 Å². The molecule has 0 fully saturated rings. The van der Waals surface area contributed by atoms with Crippen molar-refractivity contribution in [1.82, 2.24) is 0 Å². The van der Waals surface area contributed by atoms with E-state index in [-0.39, 0.29) is 18.2 Å². The second kappa shape index (κ2) is 10.2. The van der Waals surface area contributed by atoms with E-state index in [4.69, 9.17) is 16.3 Å². The van der Waals surface area contributed by atoms with E-state index >= 15 is 0 Å². The van der Waals surface area contributed by atoms with Crippen molar-refractivity contribution in [3.63, 3.8) is 0 Å². The lowest BCUT2D eigenvalue weighted by molar-refractivity contribution is -0.115. The summed E-state index contributed by atoms with van der Waals surface area (Å²) < 4.78 is 5.17. The van der Waals surface area contributed by atoms with Crippen molar-refractivity contribution in [2.45, 2.75) is 38.5 Å². The van der Waals surface area contributed by atoms with Gasteiger partial charge in [0.25, 0.3) is 5.91 Å². The van der Waals surface area contributed by atoms with Crippen LogP contribution in [0.5, 0.6) is 5.75 Å². The van der Waals surface area contributed by atoms with Gasteiger partial charge in [-0.25, -0.2) is 0 Å². The molecule has 3 aromatic rings. The maximum Gasteiger partial charge on any atom is 0.258 e. The number of fused-ring (bicyclic) bond motifs is 1. The molecule has 32 heavy (non-hydrogen) atoms. The summed E-state index contributed by atoms with van der Waals surface area (Å²) in [6.07, 6.45) is 5.30. The Morgan fingerprint density at radius 1 is 1.03 bits per heavy atom. The average Bonchev–Trinajstić information content (AvgIpc) is 2.94. The van der Waals surface area contributed by atoms with Gasteiger partial charge in [0.1, 0.15) is 10.8 Å². The maximum atomic E-state index is 13.3. The number of benzene rings is 2. The number of anilines is 2. The third-order valence-electron chi connectivity index (χ3n) is 5.51. The van der Waals surface area contributed by atoms with Crippen LogP contribution in [-0.2, 0) is 24.1 Å². The number of carbonyl (C=O) groups is 2. The van der Waals surface area contributed by atoms with Gasteiger partial charge in [0.05, 0.1) is 19.1 Å². The summed E-state index contributed by atoms with van der Waals surface area (Å²) in [5.74, 6) is 0.380. The van der Waals surface area contributed by atoms with Crippen molar-refractivity contribution in [2.75, 3.05) is 17.7 Å². The van der Waals surface area contributed by atoms with Crippen molar-refractivity contribution in [2.24, 2.45) is 0 Å². The molecule has 1 aromatic heterocycles. The minimum atomic E-state index is -0.216. The molecule has 7 heteroatoms. The van der Waals surface area contributed by atoms with Gasteiger partial charge in [-0.2, -0.15) is 0 Å². The summed E-state index contributed by atoms with van der Waals surface area (Å²) in [4.78, 5) is 27.3. The zero-order valence-corrected chi connectivity index (χ0v) is 19.4. The molecule has 0 bridgehead atoms. The summed E-state index contributed by atoms with van der Waals surface area (Å²) in [6.45, 7) is 0. The Bertz CT molecular complexity index is 1120. The van der Waals surface area contributed by atoms with E-state index in [1.54, 1.807) is 31.4 Å². The quantitative estimate of drug-likeness (QED) is 0.429. The van der Waals surface area contributed by atoms with Crippen molar-refractivity contribution in [3.8, 4) is 5.75 Å². The largest absolute Gasteiger partial charge is 0.497 e. The maximum absolute atomic E-state index is 13.3. The smallest absolute Gasteiger partial charge is 0.258 e. The van der Waals surface area contributed by atoms with Crippen molar-refractivity contribution < 1.29 is 14.3 Å². The van der Waals surface area contributed by atoms with Crippen LogP contribution in [-0.4, -0.2) is 18.9 Å². The number of ether oxygens (including phenoxy) is 1. The number of amides is 2. The van der Waals surface area contributed by atoms with Gasteiger partial charge in [-0.15, -0.1) is 11.3 Å². The van der Waals surface area contributed by atoms with Gasteiger partial charge in [0, 0.05) is 15.6 Å². The zero-order chi connectivity index (χ0) is 22.5. The van der Waals surface area contributed by atoms with E-state index in [9.17, 15) is 9.59 Å². The van der Waals surface area contributed by atoms with Crippen molar-refractivity contribution in [3.05, 3.63) is 75.1 Å². The molecule has 5 nitrogen and oxygen atoms in total. The highest BCUT2D eigenvalue weighted by atomic mass is 35.5. The number of methoxy groups -OCH3 is 1. The van der Waals surface area contributed by atoms with Crippen molar-refractivity contribution >= 4 is 45.4 Å². The molecule has 0 saturated heterocycles. The summed E-state index contributed by atoms with van der Waals surface area (Å²) in [6, 6.07) is 14.5. The monoisotopic (exact) mass is 468 g/mol. The summed E-state index contributed by atoms with van der Waals surface area (Å²) in [5, 5.41) is 7.13. The van der Waals surface area contributed by atoms with Gasteiger partial charge in [-0.05, 0) is 67.1 Å². The first-order valence-corrected chi connectivity index (χ1v) is 11.9. The third-order valence-corrected chi connectivity index (χ3v) is 6.95. The van der Waals surface area contributed by atoms with Gasteiger partial charge in [0.2, 0.25) is 5.91 Å². The standard InChI is InChI=1S/C25H25ClN2O3S/c1-31-19-12-10-16(11-13-19)14-22(29)28-25-23(20-8-3-2-4-9-21(20)32-25)24(30)27-18-7-5-6-17(26)15-18/h5-7,10-13,15H,2-4,8-9,14H2,1H3,(H,27,30)(H,28,29). The van der Waals surface area contributed by atoms with Crippen LogP contribution in [0.15, 0.2) is 48.5 Å². The number of halogens is 1. The fraction of sp³-hybridized carbons (Fsp3) is 0.280. The van der Waals surface area contributed by atoms with Crippen LogP contribution in [0, 0.1) is 0 Å². The van der Waals surface area contributed by atoms with Gasteiger partial charge in [-0.3, -0.25) is 9.59 Å². The van der Waals surface area contributed by atoms with Gasteiger partial charge in [-0.1, -0.05) is 36.2 Å². The Kier molecular flexibility index (Phi) is 7.12. The Balaban J connectivity index is 1.57. The molecule has 0 unspecified atom stereocenters. The summed E-state index contributed by atoms with van der Waals surface area (Å²) in [7, 11) is 1.61. The molecule has 4 rings (SSSR count). The molecule has 0 saturated carbocycles. The number of hydrogen-bond donors (Lipinski definition) is 2. The molecule has 0 spiro atoms. The van der Waals surface area contributed by atoms with Gasteiger partial charge >= 0.3 is 0 Å². The lowest BCUT2D eigenvalue weighted by atomic mass is 10.0. The molecule has 1 aliphatic carbocycles. The molecular formula is C25H25ClN2O3S. The Labute approximate surface area is 196 Å². The second-order valence-electron chi connectivity index (χ2n) is 7.81. The highest BCUT2D eigenvalue weighted by Crippen LogP contribution is 2.38. The van der Waals surface area contributed by atoms with Crippen LogP contribution in [0.4, 0.5) is 10.7 Å². The van der Waals surface area contributed by atoms with Crippen LogP contribution in [0.2, 0.25) is 5.02 Å². The molecule has 166 valence electrons. The molecule has 0 atom stereocenters. The molecule has 0 radical (unpaired) electrons. The van der Waals surface area contributed by atoms with E-state index in [2.05, 4.69) is 10.6 Å². The minimum absolute atomic E-state index is 0.150. The summed E-state index contributed by atoms with van der Waals surface area (Å²) in [5.41, 5.74) is 3.15. The predicted octanol–water partition coefficient (Wildman–Crippen LogP) is 6.11. The van der Waals surface area contributed by atoms with Crippen LogP contribution < -0.4 is 15.4 Å². The minimum Gasteiger partial charge on any atom is -0.497 e. The topological polar surface area (TPSA) is 67.4 Å². The lowest BCUT2D eigenvalue weighted by Gasteiger charge is -2.11. The fourth-order valence-corrected chi connectivity index (χ4v) is 5.42. The van der Waals surface area contributed by atoms with Gasteiger partial charge < -0.3 is 15.4 Å². The highest BCUT2D eigenvalue weighted by molar-refractivity contribution is 7.17. The van der Waals surface area contributed by atoms with E-state index in [1.807, 2.05) is 24.3 Å². The fourth-order valence-electron chi connectivity index (χ4n) is 3.93. The number of thiophene rings is 1. The number of hydrogen-bond acceptors (Lipinski definition) is 4. The molecule has 0 aliphatic heterocycles. The first-order valence-electron chi connectivity index (χ1n) is 10.7. The highest BCUT2D eigenvalue weighted by Gasteiger charge is 2.26. The normalized spacial score (nSPS) is 13.1. The molecule has 2 N–H and O–H groups in total.